The van der Waals surface area contributed by atoms with Gasteiger partial charge in [0.25, 0.3) is 0 Å². The second-order valence-electron chi connectivity index (χ2n) is 4.51. The number of benzene rings is 1. The van der Waals surface area contributed by atoms with Gasteiger partial charge in [0.15, 0.2) is 0 Å². The Morgan fingerprint density at radius 3 is 2.07 bits per heavy atom. The van der Waals surface area contributed by atoms with E-state index < -0.39 is 0 Å². The topological polar surface area (TPSA) is 0 Å². The van der Waals surface area contributed by atoms with Crippen molar-refractivity contribution in [3.8, 4) is 0 Å². The van der Waals surface area contributed by atoms with E-state index in [-0.39, 0.29) is 0 Å². The molecule has 1 unspecified atom stereocenters. The minimum atomic E-state index is 0.617. The lowest BCUT2D eigenvalue weighted by molar-refractivity contribution is 0.563. The van der Waals surface area contributed by atoms with Crippen molar-refractivity contribution in [2.45, 2.75) is 40.5 Å². The van der Waals surface area contributed by atoms with Crippen LogP contribution in [0.15, 0.2) is 12.1 Å². The van der Waals surface area contributed by atoms with E-state index in [4.69, 9.17) is 11.6 Å². The van der Waals surface area contributed by atoms with Gasteiger partial charge in [-0.1, -0.05) is 31.0 Å². The van der Waals surface area contributed by atoms with Gasteiger partial charge in [0.05, 0.1) is 0 Å². The molecule has 0 heterocycles. The molecule has 0 saturated carbocycles. The highest BCUT2D eigenvalue weighted by atomic mass is 35.5. The Balaban J connectivity index is 2.94. The monoisotopic (exact) mass is 224 g/mol. The van der Waals surface area contributed by atoms with Crippen LogP contribution in [0.4, 0.5) is 0 Å². The third-order valence-corrected chi connectivity index (χ3v) is 3.57. The summed E-state index contributed by atoms with van der Waals surface area (Å²) in [6, 6.07) is 4.53. The predicted molar refractivity (Wildman–Crippen MR) is 68.9 cm³/mol. The molecule has 1 atom stereocenters. The van der Waals surface area contributed by atoms with Crippen molar-refractivity contribution in [1.82, 2.24) is 0 Å². The molecule has 0 fully saturated rings. The van der Waals surface area contributed by atoms with E-state index in [1.807, 2.05) is 0 Å². The smallest absolute Gasteiger partial charge is 0.0254 e. The van der Waals surface area contributed by atoms with Crippen LogP contribution in [0, 0.1) is 26.7 Å². The molecule has 1 rings (SSSR count). The van der Waals surface area contributed by atoms with Gasteiger partial charge in [-0.3, -0.25) is 0 Å². The lowest BCUT2D eigenvalue weighted by atomic mass is 9.91. The normalized spacial score (nSPS) is 12.9. The average Bonchev–Trinajstić information content (AvgIpc) is 2.17. The number of halogens is 1. The lowest BCUT2D eigenvalue weighted by Crippen LogP contribution is -2.07. The van der Waals surface area contributed by atoms with Crippen molar-refractivity contribution in [3.05, 3.63) is 34.4 Å². The van der Waals surface area contributed by atoms with Gasteiger partial charge >= 0.3 is 0 Å². The number of hydrogen-bond donors (Lipinski definition) is 0. The summed E-state index contributed by atoms with van der Waals surface area (Å²) in [6.45, 7) is 8.78. The van der Waals surface area contributed by atoms with Crippen LogP contribution in [0.25, 0.3) is 0 Å². The van der Waals surface area contributed by atoms with Gasteiger partial charge in [0, 0.05) is 5.88 Å². The quantitative estimate of drug-likeness (QED) is 0.665. The van der Waals surface area contributed by atoms with Crippen molar-refractivity contribution in [1.29, 1.82) is 0 Å². The first kappa shape index (κ1) is 12.6. The third kappa shape index (κ3) is 3.24. The van der Waals surface area contributed by atoms with Gasteiger partial charge in [-0.15, -0.1) is 11.6 Å². The van der Waals surface area contributed by atoms with Crippen LogP contribution >= 0.6 is 11.6 Å². The number of aryl methyl sites for hydroxylation is 3. The fourth-order valence-corrected chi connectivity index (χ4v) is 2.46. The lowest BCUT2D eigenvalue weighted by Gasteiger charge is -2.16. The summed E-state index contributed by atoms with van der Waals surface area (Å²) in [5, 5.41) is 0. The summed E-state index contributed by atoms with van der Waals surface area (Å²) in [4.78, 5) is 0. The first-order valence-corrected chi connectivity index (χ1v) is 6.24. The Morgan fingerprint density at radius 1 is 1.13 bits per heavy atom. The minimum absolute atomic E-state index is 0.617. The molecule has 0 nitrogen and oxygen atoms in total. The maximum absolute atomic E-state index is 5.95. The molecule has 1 aromatic rings. The Labute approximate surface area is 98.7 Å². The van der Waals surface area contributed by atoms with E-state index in [0.717, 1.165) is 18.7 Å². The Hall–Kier alpha value is -0.490. The summed E-state index contributed by atoms with van der Waals surface area (Å²) in [7, 11) is 0. The fraction of sp³-hybridized carbons (Fsp3) is 0.571. The largest absolute Gasteiger partial charge is 0.126 e. The second-order valence-corrected chi connectivity index (χ2v) is 4.82. The summed E-state index contributed by atoms with van der Waals surface area (Å²) in [5.41, 5.74) is 5.67. The first-order chi connectivity index (χ1) is 7.08. The molecule has 0 aliphatic heterocycles. The molecule has 0 amide bonds. The third-order valence-electron chi connectivity index (χ3n) is 3.13. The molecule has 1 aromatic carbocycles. The van der Waals surface area contributed by atoms with Crippen LogP contribution in [-0.2, 0) is 6.42 Å². The van der Waals surface area contributed by atoms with Gasteiger partial charge < -0.3 is 0 Å². The van der Waals surface area contributed by atoms with Crippen molar-refractivity contribution < 1.29 is 0 Å². The standard InChI is InChI=1S/C14H21Cl/c1-5-13(9-15)8-14-11(3)6-10(2)7-12(14)4/h6-7,13H,5,8-9H2,1-4H3. The Kier molecular flexibility index (Phi) is 4.66. The Bertz CT molecular complexity index is 301. The van der Waals surface area contributed by atoms with Crippen LogP contribution < -0.4 is 0 Å². The summed E-state index contributed by atoms with van der Waals surface area (Å²) < 4.78 is 0. The molecule has 0 aliphatic rings. The molecule has 84 valence electrons. The van der Waals surface area contributed by atoms with Crippen LogP contribution in [-0.4, -0.2) is 5.88 Å². The van der Waals surface area contributed by atoms with E-state index in [1.54, 1.807) is 0 Å². The van der Waals surface area contributed by atoms with Crippen LogP contribution in [0.5, 0.6) is 0 Å². The second kappa shape index (κ2) is 5.55. The van der Waals surface area contributed by atoms with E-state index >= 15 is 0 Å². The van der Waals surface area contributed by atoms with E-state index in [9.17, 15) is 0 Å². The van der Waals surface area contributed by atoms with Gasteiger partial charge in [0.2, 0.25) is 0 Å². The summed E-state index contributed by atoms with van der Waals surface area (Å²) in [5.74, 6) is 1.38. The highest BCUT2D eigenvalue weighted by Crippen LogP contribution is 2.21. The Morgan fingerprint density at radius 2 is 1.67 bits per heavy atom. The number of hydrogen-bond acceptors (Lipinski definition) is 0. The minimum Gasteiger partial charge on any atom is -0.126 e. The highest BCUT2D eigenvalue weighted by Gasteiger charge is 2.10. The SMILES string of the molecule is CCC(CCl)Cc1c(C)cc(C)cc1C. The first-order valence-electron chi connectivity index (χ1n) is 5.71. The summed E-state index contributed by atoms with van der Waals surface area (Å²) >= 11 is 5.95. The average molecular weight is 225 g/mol. The van der Waals surface area contributed by atoms with Crippen LogP contribution in [0.3, 0.4) is 0 Å². The summed E-state index contributed by atoms with van der Waals surface area (Å²) in [6.07, 6.45) is 2.29. The van der Waals surface area contributed by atoms with Crippen LogP contribution in [0.2, 0.25) is 0 Å². The van der Waals surface area contributed by atoms with E-state index in [0.29, 0.717) is 5.92 Å². The molecular formula is C14H21Cl. The number of rotatable bonds is 4. The molecule has 0 spiro atoms. The molecule has 0 N–H and O–H groups in total. The maximum Gasteiger partial charge on any atom is 0.0254 e. The van der Waals surface area contributed by atoms with E-state index in [2.05, 4.69) is 39.8 Å². The van der Waals surface area contributed by atoms with Gasteiger partial charge in [-0.05, 0) is 49.8 Å². The highest BCUT2D eigenvalue weighted by molar-refractivity contribution is 6.18. The van der Waals surface area contributed by atoms with Gasteiger partial charge in [-0.25, -0.2) is 0 Å². The van der Waals surface area contributed by atoms with Crippen LogP contribution in [0.1, 0.15) is 35.6 Å². The zero-order chi connectivity index (χ0) is 11.4. The fourth-order valence-electron chi connectivity index (χ4n) is 2.13. The molecule has 15 heavy (non-hydrogen) atoms. The van der Waals surface area contributed by atoms with Crippen molar-refractivity contribution >= 4 is 11.6 Å². The zero-order valence-electron chi connectivity index (χ0n) is 10.2. The predicted octanol–water partition coefficient (Wildman–Crippen LogP) is 4.42. The van der Waals surface area contributed by atoms with Crippen molar-refractivity contribution in [2.75, 3.05) is 5.88 Å². The molecule has 0 bridgehead atoms. The molecule has 0 aromatic heterocycles. The maximum atomic E-state index is 5.95. The molecular weight excluding hydrogens is 204 g/mol. The molecule has 0 radical (unpaired) electrons. The van der Waals surface area contributed by atoms with Crippen molar-refractivity contribution in [3.63, 3.8) is 0 Å². The zero-order valence-corrected chi connectivity index (χ0v) is 11.0. The molecule has 0 aliphatic carbocycles. The van der Waals surface area contributed by atoms with Gasteiger partial charge in [0.1, 0.15) is 0 Å². The molecule has 1 heteroatoms. The van der Waals surface area contributed by atoms with E-state index in [1.165, 1.54) is 22.3 Å². The molecule has 0 saturated heterocycles. The number of alkyl halides is 1. The van der Waals surface area contributed by atoms with Gasteiger partial charge in [-0.2, -0.15) is 0 Å². The van der Waals surface area contributed by atoms with Crippen molar-refractivity contribution in [2.24, 2.45) is 5.92 Å².